The molecule has 3 N–H and O–H groups in total. The maximum Gasteiger partial charge on any atom is 0.148 e. The van der Waals surface area contributed by atoms with Crippen LogP contribution in [0.5, 0.6) is 0 Å². The molecule has 100 valence electrons. The zero-order valence-corrected chi connectivity index (χ0v) is 11.0. The second-order valence-corrected chi connectivity index (χ2v) is 4.68. The summed E-state index contributed by atoms with van der Waals surface area (Å²) in [6, 6.07) is 9.68. The number of hydrogen-bond donors (Lipinski definition) is 2. The van der Waals surface area contributed by atoms with Crippen LogP contribution in [0.25, 0.3) is 10.9 Å². The number of halogens is 2. The van der Waals surface area contributed by atoms with Gasteiger partial charge in [0.25, 0.3) is 0 Å². The fourth-order valence-electron chi connectivity index (χ4n) is 1.89. The average Bonchev–Trinajstić information content (AvgIpc) is 2.41. The highest BCUT2D eigenvalue weighted by Crippen LogP contribution is 2.26. The lowest BCUT2D eigenvalue weighted by Crippen LogP contribution is -1.98. The molecule has 0 atom stereocenters. The highest BCUT2D eigenvalue weighted by molar-refractivity contribution is 6.30. The Morgan fingerprint density at radius 2 is 1.95 bits per heavy atom. The molecule has 1 heterocycles. The molecule has 0 amide bonds. The number of anilines is 3. The van der Waals surface area contributed by atoms with Crippen LogP contribution < -0.4 is 11.1 Å². The van der Waals surface area contributed by atoms with E-state index in [0.29, 0.717) is 27.7 Å². The standard InChI is InChI=1S/C14H10ClFN4/c15-8-1-4-12(11(16)5-8)20-14-10-3-2-9(17)6-13(10)18-7-19-14/h1-7H,17H2,(H,18,19,20). The van der Waals surface area contributed by atoms with E-state index in [1.165, 1.54) is 12.4 Å². The van der Waals surface area contributed by atoms with Crippen molar-refractivity contribution in [1.29, 1.82) is 0 Å². The van der Waals surface area contributed by atoms with Crippen LogP contribution in [0.15, 0.2) is 42.7 Å². The minimum Gasteiger partial charge on any atom is -0.399 e. The van der Waals surface area contributed by atoms with E-state index in [2.05, 4.69) is 15.3 Å². The summed E-state index contributed by atoms with van der Waals surface area (Å²) in [6.45, 7) is 0. The van der Waals surface area contributed by atoms with Crippen molar-refractivity contribution in [1.82, 2.24) is 9.97 Å². The molecule has 4 nitrogen and oxygen atoms in total. The molecule has 0 unspecified atom stereocenters. The maximum absolute atomic E-state index is 13.8. The second kappa shape index (κ2) is 4.94. The van der Waals surface area contributed by atoms with Crippen molar-refractivity contribution in [2.75, 3.05) is 11.1 Å². The molecular formula is C14H10ClFN4. The van der Waals surface area contributed by atoms with Crippen molar-refractivity contribution in [3.63, 3.8) is 0 Å². The molecule has 0 aliphatic rings. The van der Waals surface area contributed by atoms with Gasteiger partial charge in [-0.3, -0.25) is 0 Å². The quantitative estimate of drug-likeness (QED) is 0.705. The first-order valence-electron chi connectivity index (χ1n) is 5.86. The van der Waals surface area contributed by atoms with Gasteiger partial charge in [-0.15, -0.1) is 0 Å². The van der Waals surface area contributed by atoms with Gasteiger partial charge in [-0.1, -0.05) is 11.6 Å². The number of nitrogens with two attached hydrogens (primary N) is 1. The highest BCUT2D eigenvalue weighted by Gasteiger charge is 2.08. The molecule has 0 fully saturated rings. The van der Waals surface area contributed by atoms with Crippen LogP contribution >= 0.6 is 11.6 Å². The molecule has 0 saturated carbocycles. The first kappa shape index (κ1) is 12.6. The third-order valence-corrected chi connectivity index (χ3v) is 3.08. The Labute approximate surface area is 119 Å². The zero-order chi connectivity index (χ0) is 14.1. The fourth-order valence-corrected chi connectivity index (χ4v) is 2.05. The van der Waals surface area contributed by atoms with E-state index in [-0.39, 0.29) is 0 Å². The van der Waals surface area contributed by atoms with Crippen LogP contribution in [0.2, 0.25) is 5.02 Å². The summed E-state index contributed by atoms with van der Waals surface area (Å²) in [4.78, 5) is 8.27. The average molecular weight is 289 g/mol. The summed E-state index contributed by atoms with van der Waals surface area (Å²) in [5, 5.41) is 4.04. The van der Waals surface area contributed by atoms with Crippen molar-refractivity contribution in [2.24, 2.45) is 0 Å². The predicted molar refractivity (Wildman–Crippen MR) is 78.6 cm³/mol. The van der Waals surface area contributed by atoms with Crippen molar-refractivity contribution in [3.8, 4) is 0 Å². The third kappa shape index (κ3) is 2.35. The number of nitrogens with zero attached hydrogens (tertiary/aromatic N) is 2. The topological polar surface area (TPSA) is 63.8 Å². The number of fused-ring (bicyclic) bond motifs is 1. The molecule has 0 aliphatic carbocycles. The molecule has 0 saturated heterocycles. The SMILES string of the molecule is Nc1ccc2c(Nc3ccc(Cl)cc3F)ncnc2c1. The monoisotopic (exact) mass is 288 g/mol. The predicted octanol–water partition coefficient (Wildman–Crippen LogP) is 3.75. The van der Waals surface area contributed by atoms with E-state index < -0.39 is 5.82 Å². The smallest absolute Gasteiger partial charge is 0.148 e. The van der Waals surface area contributed by atoms with E-state index in [1.807, 2.05) is 0 Å². The Morgan fingerprint density at radius 3 is 2.75 bits per heavy atom. The minimum absolute atomic E-state index is 0.297. The second-order valence-electron chi connectivity index (χ2n) is 4.25. The molecular weight excluding hydrogens is 279 g/mol. The molecule has 1 aromatic heterocycles. The van der Waals surface area contributed by atoms with E-state index in [9.17, 15) is 4.39 Å². The molecule has 0 radical (unpaired) electrons. The lowest BCUT2D eigenvalue weighted by Gasteiger charge is -2.09. The van der Waals surface area contributed by atoms with Crippen LogP contribution in [0.1, 0.15) is 0 Å². The summed E-state index contributed by atoms with van der Waals surface area (Å²) in [6.07, 6.45) is 1.40. The summed E-state index contributed by atoms with van der Waals surface area (Å²) in [5.41, 5.74) is 7.31. The van der Waals surface area contributed by atoms with Crippen LogP contribution in [-0.2, 0) is 0 Å². The van der Waals surface area contributed by atoms with Crippen molar-refractivity contribution in [2.45, 2.75) is 0 Å². The van der Waals surface area contributed by atoms with Crippen molar-refractivity contribution in [3.05, 3.63) is 53.6 Å². The van der Waals surface area contributed by atoms with E-state index >= 15 is 0 Å². The van der Waals surface area contributed by atoms with E-state index in [1.54, 1.807) is 30.3 Å². The lowest BCUT2D eigenvalue weighted by atomic mass is 10.2. The van der Waals surface area contributed by atoms with Crippen LogP contribution in [0.4, 0.5) is 21.6 Å². The van der Waals surface area contributed by atoms with Crippen LogP contribution in [0, 0.1) is 5.82 Å². The Kier molecular flexibility index (Phi) is 3.12. The molecule has 6 heteroatoms. The van der Waals surface area contributed by atoms with Crippen LogP contribution in [0.3, 0.4) is 0 Å². The molecule has 2 aromatic carbocycles. The minimum atomic E-state index is -0.445. The lowest BCUT2D eigenvalue weighted by molar-refractivity contribution is 0.632. The molecule has 3 aromatic rings. The van der Waals surface area contributed by atoms with Gasteiger partial charge in [0.15, 0.2) is 0 Å². The van der Waals surface area contributed by atoms with Gasteiger partial charge in [0.05, 0.1) is 11.2 Å². The Bertz CT molecular complexity index is 791. The van der Waals surface area contributed by atoms with Gasteiger partial charge in [-0.2, -0.15) is 0 Å². The number of hydrogen-bond acceptors (Lipinski definition) is 4. The first-order valence-corrected chi connectivity index (χ1v) is 6.23. The summed E-state index contributed by atoms with van der Waals surface area (Å²) < 4.78 is 13.8. The summed E-state index contributed by atoms with van der Waals surface area (Å²) in [7, 11) is 0. The third-order valence-electron chi connectivity index (χ3n) is 2.84. The fraction of sp³-hybridized carbons (Fsp3) is 0. The Hall–Kier alpha value is -2.40. The molecule has 3 rings (SSSR count). The van der Waals surface area contributed by atoms with Crippen LogP contribution in [-0.4, -0.2) is 9.97 Å². The largest absolute Gasteiger partial charge is 0.399 e. The van der Waals surface area contributed by atoms with Gasteiger partial charge < -0.3 is 11.1 Å². The van der Waals surface area contributed by atoms with Gasteiger partial charge >= 0.3 is 0 Å². The normalized spacial score (nSPS) is 10.7. The summed E-state index contributed by atoms with van der Waals surface area (Å²) in [5.74, 6) is 0.0657. The Balaban J connectivity index is 2.06. The summed E-state index contributed by atoms with van der Waals surface area (Å²) >= 11 is 5.73. The molecule has 20 heavy (non-hydrogen) atoms. The van der Waals surface area contributed by atoms with E-state index in [0.717, 1.165) is 5.39 Å². The number of rotatable bonds is 2. The highest BCUT2D eigenvalue weighted by atomic mass is 35.5. The number of aromatic nitrogens is 2. The van der Waals surface area contributed by atoms with Crippen molar-refractivity contribution >= 4 is 39.7 Å². The van der Waals surface area contributed by atoms with Gasteiger partial charge in [0.1, 0.15) is 18.0 Å². The molecule has 0 bridgehead atoms. The van der Waals surface area contributed by atoms with E-state index in [4.69, 9.17) is 17.3 Å². The first-order chi connectivity index (χ1) is 9.63. The van der Waals surface area contributed by atoms with Gasteiger partial charge in [-0.05, 0) is 36.4 Å². The zero-order valence-electron chi connectivity index (χ0n) is 10.3. The number of nitrogen functional groups attached to an aromatic ring is 1. The van der Waals surface area contributed by atoms with Gasteiger partial charge in [0.2, 0.25) is 0 Å². The molecule has 0 aliphatic heterocycles. The molecule has 0 spiro atoms. The Morgan fingerprint density at radius 1 is 1.10 bits per heavy atom. The maximum atomic E-state index is 13.8. The van der Waals surface area contributed by atoms with Crippen molar-refractivity contribution < 1.29 is 4.39 Å². The van der Waals surface area contributed by atoms with Gasteiger partial charge in [-0.25, -0.2) is 14.4 Å². The van der Waals surface area contributed by atoms with Gasteiger partial charge in [0, 0.05) is 16.1 Å². The number of benzene rings is 2. The number of nitrogens with one attached hydrogen (secondary N) is 1.